The molecule has 0 heterocycles. The second kappa shape index (κ2) is 11.6. The van der Waals surface area contributed by atoms with Gasteiger partial charge in [0.1, 0.15) is 17.1 Å². The fourth-order valence-corrected chi connectivity index (χ4v) is 4.61. The van der Waals surface area contributed by atoms with Crippen LogP contribution in [-0.2, 0) is 14.1 Å². The summed E-state index contributed by atoms with van der Waals surface area (Å²) in [4.78, 5) is 26.6. The molecule has 0 amide bonds. The van der Waals surface area contributed by atoms with E-state index < -0.39 is 19.6 Å². The third-order valence-corrected chi connectivity index (χ3v) is 6.12. The van der Waals surface area contributed by atoms with Crippen molar-refractivity contribution in [2.24, 2.45) is 11.3 Å². The van der Waals surface area contributed by atoms with Crippen LogP contribution in [0.5, 0.6) is 11.5 Å². The van der Waals surface area contributed by atoms with E-state index in [4.69, 9.17) is 14.2 Å². The lowest BCUT2D eigenvalue weighted by Gasteiger charge is -2.31. The summed E-state index contributed by atoms with van der Waals surface area (Å²) in [6.07, 6.45) is 1.12. The first-order valence-corrected chi connectivity index (χ1v) is 11.5. The molecule has 0 saturated carbocycles. The van der Waals surface area contributed by atoms with Crippen LogP contribution in [0.25, 0.3) is 0 Å². The normalized spacial score (nSPS) is 15.6. The van der Waals surface area contributed by atoms with Crippen molar-refractivity contribution in [3.8, 4) is 11.5 Å². The van der Waals surface area contributed by atoms with Gasteiger partial charge in [-0.15, -0.1) is 0 Å². The average molecular weight is 453 g/mol. The van der Waals surface area contributed by atoms with Gasteiger partial charge in [0.05, 0.1) is 20.3 Å². The van der Waals surface area contributed by atoms with E-state index in [1.807, 2.05) is 13.8 Å². The molecule has 1 aromatic carbocycles. The van der Waals surface area contributed by atoms with Crippen LogP contribution in [0.3, 0.4) is 0 Å². The average Bonchev–Trinajstić information content (AvgIpc) is 2.70. The molecule has 0 fully saturated rings. The summed E-state index contributed by atoms with van der Waals surface area (Å²) in [6, 6.07) is 5.04. The highest BCUT2D eigenvalue weighted by Crippen LogP contribution is 2.42. The van der Waals surface area contributed by atoms with Gasteiger partial charge in [0, 0.05) is 6.42 Å². The van der Waals surface area contributed by atoms with Crippen molar-refractivity contribution in [2.75, 3.05) is 14.2 Å². The van der Waals surface area contributed by atoms with Gasteiger partial charge in [-0.3, -0.25) is 14.2 Å². The Morgan fingerprint density at radius 1 is 1.03 bits per heavy atom. The molecule has 3 unspecified atom stereocenters. The molecule has 7 heteroatoms. The predicted molar refractivity (Wildman–Crippen MR) is 123 cm³/mol. The number of ketones is 1. The summed E-state index contributed by atoms with van der Waals surface area (Å²) in [5.74, 6) is -0.237. The van der Waals surface area contributed by atoms with Crippen molar-refractivity contribution in [2.45, 2.75) is 78.5 Å². The van der Waals surface area contributed by atoms with Gasteiger partial charge in [0.25, 0.3) is 0 Å². The minimum Gasteiger partial charge on any atom is -0.496 e. The van der Waals surface area contributed by atoms with Crippen LogP contribution < -0.4 is 9.47 Å². The summed E-state index contributed by atoms with van der Waals surface area (Å²) < 4.78 is 28.8. The van der Waals surface area contributed by atoms with Gasteiger partial charge in [0.2, 0.25) is 0 Å². The Balaban J connectivity index is 3.38. The maximum atomic E-state index is 13.4. The molecule has 0 radical (unpaired) electrons. The molecule has 0 saturated heterocycles. The molecule has 0 aliphatic rings. The number of ether oxygens (including phenoxy) is 3. The number of benzene rings is 1. The number of methoxy groups -OCH3 is 2. The van der Waals surface area contributed by atoms with Gasteiger partial charge in [-0.05, 0) is 49.7 Å². The van der Waals surface area contributed by atoms with E-state index in [9.17, 15) is 14.2 Å². The van der Waals surface area contributed by atoms with Crippen LogP contribution in [0.1, 0.15) is 77.6 Å². The topological polar surface area (TPSA) is 78.9 Å². The lowest BCUT2D eigenvalue weighted by Crippen LogP contribution is -2.40. The van der Waals surface area contributed by atoms with Crippen molar-refractivity contribution >= 4 is 20.2 Å². The number of carbonyl (C=O) groups excluding carboxylic acids is 2. The van der Waals surface area contributed by atoms with Crippen molar-refractivity contribution in [1.82, 2.24) is 0 Å². The Morgan fingerprint density at radius 2 is 1.58 bits per heavy atom. The van der Waals surface area contributed by atoms with Crippen LogP contribution >= 0.6 is 8.46 Å². The fraction of sp³-hybridized carbons (Fsp3) is 0.667. The highest BCUT2D eigenvalue weighted by Gasteiger charge is 2.46. The quantitative estimate of drug-likeness (QED) is 0.216. The first kappa shape index (κ1) is 27.1. The summed E-state index contributed by atoms with van der Waals surface area (Å²) in [7, 11) is 2.50. The molecular weight excluding hydrogens is 415 g/mol. The molecule has 1 aromatic rings. The van der Waals surface area contributed by atoms with Crippen molar-refractivity contribution in [3.63, 3.8) is 0 Å². The molecule has 6 nitrogen and oxygen atoms in total. The maximum Gasteiger partial charge on any atom is 0.324 e. The van der Waals surface area contributed by atoms with Crippen molar-refractivity contribution < 1.29 is 28.4 Å². The Bertz CT molecular complexity index is 748. The zero-order valence-corrected chi connectivity index (χ0v) is 21.0. The lowest BCUT2D eigenvalue weighted by atomic mass is 9.80. The Labute approximate surface area is 188 Å². The van der Waals surface area contributed by atoms with E-state index in [1.165, 1.54) is 14.2 Å². The van der Waals surface area contributed by atoms with E-state index in [0.717, 1.165) is 6.42 Å². The second-order valence-electron chi connectivity index (χ2n) is 9.46. The molecule has 0 aliphatic carbocycles. The summed E-state index contributed by atoms with van der Waals surface area (Å²) in [5, 5.41) is -1.48. The third-order valence-electron chi connectivity index (χ3n) is 5.24. The summed E-state index contributed by atoms with van der Waals surface area (Å²) in [6.45, 7) is 12.0. The Morgan fingerprint density at radius 3 is 2.00 bits per heavy atom. The molecule has 0 spiro atoms. The number of esters is 1. The maximum absolute atomic E-state index is 13.4. The number of carbonyl (C=O) groups is 2. The molecule has 31 heavy (non-hydrogen) atoms. The summed E-state index contributed by atoms with van der Waals surface area (Å²) >= 11 is 0. The first-order valence-electron chi connectivity index (χ1n) is 10.7. The van der Waals surface area contributed by atoms with Crippen molar-refractivity contribution in [3.05, 3.63) is 23.8 Å². The van der Waals surface area contributed by atoms with Crippen LogP contribution in [0.4, 0.5) is 0 Å². The van der Waals surface area contributed by atoms with Crippen molar-refractivity contribution in [1.29, 1.82) is 0 Å². The number of rotatable bonds is 12. The second-order valence-corrected chi connectivity index (χ2v) is 10.5. The first-order chi connectivity index (χ1) is 14.4. The van der Waals surface area contributed by atoms with Gasteiger partial charge < -0.3 is 14.2 Å². The lowest BCUT2D eigenvalue weighted by molar-refractivity contribution is -0.152. The zero-order chi connectivity index (χ0) is 23.8. The third kappa shape index (κ3) is 7.60. The highest BCUT2D eigenvalue weighted by atomic mass is 31.1. The molecule has 0 aromatic heterocycles. The van der Waals surface area contributed by atoms with Gasteiger partial charge in [-0.1, -0.05) is 40.7 Å². The van der Waals surface area contributed by atoms with Crippen LogP contribution in [0, 0.1) is 11.3 Å². The predicted octanol–water partition coefficient (Wildman–Crippen LogP) is 6.11. The van der Waals surface area contributed by atoms with E-state index >= 15 is 0 Å². The minimum atomic E-state index is -1.48. The molecule has 1 rings (SSSR count). The molecule has 0 bridgehead atoms. The molecule has 174 valence electrons. The van der Waals surface area contributed by atoms with Crippen LogP contribution in [0.2, 0.25) is 0 Å². The van der Waals surface area contributed by atoms with Crippen LogP contribution in [0.15, 0.2) is 18.2 Å². The minimum absolute atomic E-state index is 0.0292. The van der Waals surface area contributed by atoms with E-state index in [2.05, 4.69) is 20.8 Å². The fourth-order valence-electron chi connectivity index (χ4n) is 3.88. The SMILES string of the molecule is CCC(C)OC(=O)C(CC(=O)c1c(OC)cccc1OC)(CC(C)CC(C)(C)C)P=O. The molecular formula is C24H37O6P. The Kier molecular flexibility index (Phi) is 10.2. The van der Waals surface area contributed by atoms with Gasteiger partial charge >= 0.3 is 5.97 Å². The number of Topliss-reactive ketones (excluding diaryl/α,β-unsaturated/α-hetero) is 1. The van der Waals surface area contributed by atoms with Gasteiger partial charge in [0.15, 0.2) is 19.4 Å². The van der Waals surface area contributed by atoms with E-state index in [1.54, 1.807) is 25.1 Å². The standard InChI is InChI=1S/C24H37O6P/c1-9-17(3)30-22(26)24(31-27,14-16(2)13-23(4,5)6)15-18(25)21-19(28-7)11-10-12-20(21)29-8/h10-12,16-17H,9,13-15H2,1-8H3. The summed E-state index contributed by atoms with van der Waals surface area (Å²) in [5.41, 5.74) is 0.266. The molecule has 3 atom stereocenters. The number of hydrogen-bond acceptors (Lipinski definition) is 6. The zero-order valence-electron chi connectivity index (χ0n) is 20.1. The molecule has 0 N–H and O–H groups in total. The van der Waals surface area contributed by atoms with E-state index in [-0.39, 0.29) is 41.6 Å². The Hall–Kier alpha value is -1.94. The van der Waals surface area contributed by atoms with Gasteiger partial charge in [-0.2, -0.15) is 0 Å². The van der Waals surface area contributed by atoms with Gasteiger partial charge in [-0.25, -0.2) is 0 Å². The smallest absolute Gasteiger partial charge is 0.324 e. The van der Waals surface area contributed by atoms with E-state index in [0.29, 0.717) is 17.9 Å². The number of hydrogen-bond donors (Lipinski definition) is 0. The monoisotopic (exact) mass is 452 g/mol. The highest BCUT2D eigenvalue weighted by molar-refractivity contribution is 7.28. The van der Waals surface area contributed by atoms with Crippen LogP contribution in [-0.4, -0.2) is 37.2 Å². The molecule has 0 aliphatic heterocycles. The largest absolute Gasteiger partial charge is 0.496 e.